The van der Waals surface area contributed by atoms with Crippen LogP contribution < -0.4 is 10.6 Å². The fourth-order valence-corrected chi connectivity index (χ4v) is 3.36. The van der Waals surface area contributed by atoms with E-state index in [4.69, 9.17) is 0 Å². The van der Waals surface area contributed by atoms with Crippen molar-refractivity contribution in [1.29, 1.82) is 0 Å². The molecule has 4 rings (SSSR count). The Bertz CT molecular complexity index is 968. The lowest BCUT2D eigenvalue weighted by molar-refractivity contribution is 0.606. The Morgan fingerprint density at radius 2 is 1.93 bits per heavy atom. The lowest BCUT2D eigenvalue weighted by atomic mass is 9.96. The van der Waals surface area contributed by atoms with E-state index in [0.29, 0.717) is 19.0 Å². The fraction of sp³-hybridized carbons (Fsp3) is 0.286. The molecule has 0 bridgehead atoms. The van der Waals surface area contributed by atoms with Crippen molar-refractivity contribution in [3.63, 3.8) is 0 Å². The van der Waals surface area contributed by atoms with E-state index in [1.807, 2.05) is 41.0 Å². The van der Waals surface area contributed by atoms with E-state index in [9.17, 15) is 4.39 Å². The fourth-order valence-electron chi connectivity index (χ4n) is 3.36. The van der Waals surface area contributed by atoms with Gasteiger partial charge in [-0.1, -0.05) is 30.3 Å². The van der Waals surface area contributed by atoms with E-state index in [2.05, 4.69) is 25.8 Å². The summed E-state index contributed by atoms with van der Waals surface area (Å²) in [5.41, 5.74) is 2.04. The molecule has 1 aliphatic carbocycles. The van der Waals surface area contributed by atoms with Crippen molar-refractivity contribution < 1.29 is 4.39 Å². The van der Waals surface area contributed by atoms with Crippen LogP contribution in [0, 0.1) is 5.82 Å². The third-order valence-corrected chi connectivity index (χ3v) is 5.18. The molecule has 0 atom stereocenters. The van der Waals surface area contributed by atoms with Crippen molar-refractivity contribution in [3.8, 4) is 5.69 Å². The molecule has 8 heteroatoms. The Morgan fingerprint density at radius 1 is 1.14 bits per heavy atom. The van der Waals surface area contributed by atoms with Crippen LogP contribution in [-0.2, 0) is 12.0 Å². The molecular formula is C21H24FIN6. The molecule has 1 saturated carbocycles. The average Bonchev–Trinajstić information content (AvgIpc) is 3.38. The van der Waals surface area contributed by atoms with Crippen LogP contribution in [0.1, 0.15) is 24.2 Å². The molecule has 152 valence electrons. The van der Waals surface area contributed by atoms with Gasteiger partial charge in [0.2, 0.25) is 0 Å². The lowest BCUT2D eigenvalue weighted by Crippen LogP contribution is -2.41. The largest absolute Gasteiger partial charge is 0.356 e. The highest BCUT2D eigenvalue weighted by Gasteiger charge is 2.44. The molecule has 0 amide bonds. The zero-order valence-corrected chi connectivity index (χ0v) is 18.5. The van der Waals surface area contributed by atoms with Gasteiger partial charge in [0.15, 0.2) is 11.8 Å². The van der Waals surface area contributed by atoms with Crippen LogP contribution in [0.4, 0.5) is 4.39 Å². The predicted octanol–water partition coefficient (Wildman–Crippen LogP) is 3.42. The van der Waals surface area contributed by atoms with E-state index in [1.165, 1.54) is 6.07 Å². The molecule has 0 radical (unpaired) electrons. The summed E-state index contributed by atoms with van der Waals surface area (Å²) in [6.07, 6.45) is 3.79. The molecule has 0 saturated heterocycles. The quantitative estimate of drug-likeness (QED) is 0.306. The topological polar surface area (TPSA) is 67.1 Å². The van der Waals surface area contributed by atoms with Crippen molar-refractivity contribution in [2.75, 3.05) is 13.6 Å². The second-order valence-electron chi connectivity index (χ2n) is 7.02. The number of para-hydroxylation sites is 1. The summed E-state index contributed by atoms with van der Waals surface area (Å²) in [4.78, 5) is 4.29. The van der Waals surface area contributed by atoms with E-state index >= 15 is 0 Å². The minimum atomic E-state index is -0.188. The van der Waals surface area contributed by atoms with Gasteiger partial charge in [0, 0.05) is 24.7 Å². The molecule has 0 aliphatic heterocycles. The Morgan fingerprint density at radius 3 is 2.62 bits per heavy atom. The highest BCUT2D eigenvalue weighted by atomic mass is 127. The lowest BCUT2D eigenvalue weighted by Gasteiger charge is -2.19. The third kappa shape index (κ3) is 4.92. The van der Waals surface area contributed by atoms with Gasteiger partial charge >= 0.3 is 0 Å². The van der Waals surface area contributed by atoms with Gasteiger partial charge in [0.05, 0.1) is 6.54 Å². The number of hydrogen-bond donors (Lipinski definition) is 2. The summed E-state index contributed by atoms with van der Waals surface area (Å²) in [5, 5.41) is 14.9. The molecule has 1 heterocycles. The number of hydrogen-bond acceptors (Lipinski definition) is 3. The zero-order valence-electron chi connectivity index (χ0n) is 16.2. The van der Waals surface area contributed by atoms with E-state index in [-0.39, 0.29) is 35.2 Å². The van der Waals surface area contributed by atoms with Gasteiger partial charge in [-0.05, 0) is 42.7 Å². The summed E-state index contributed by atoms with van der Waals surface area (Å²) < 4.78 is 15.5. The molecule has 1 aromatic heterocycles. The van der Waals surface area contributed by atoms with Gasteiger partial charge < -0.3 is 10.6 Å². The maximum atomic E-state index is 13.6. The maximum absolute atomic E-state index is 13.6. The summed E-state index contributed by atoms with van der Waals surface area (Å²) in [6, 6.07) is 16.8. The first-order chi connectivity index (χ1) is 13.7. The summed E-state index contributed by atoms with van der Waals surface area (Å²) in [6.45, 7) is 1.20. The average molecular weight is 506 g/mol. The molecule has 0 spiro atoms. The Balaban J connectivity index is 0.00000240. The van der Waals surface area contributed by atoms with Gasteiger partial charge in [-0.25, -0.2) is 4.39 Å². The van der Waals surface area contributed by atoms with Gasteiger partial charge in [-0.2, -0.15) is 0 Å². The smallest absolute Gasteiger partial charge is 0.191 e. The monoisotopic (exact) mass is 506 g/mol. The van der Waals surface area contributed by atoms with E-state index in [0.717, 1.165) is 29.9 Å². The summed E-state index contributed by atoms with van der Waals surface area (Å²) >= 11 is 0. The number of nitrogens with one attached hydrogen (secondary N) is 2. The summed E-state index contributed by atoms with van der Waals surface area (Å²) in [5.74, 6) is 1.29. The Hall–Kier alpha value is -2.49. The number of benzene rings is 2. The van der Waals surface area contributed by atoms with Crippen molar-refractivity contribution >= 4 is 29.9 Å². The minimum absolute atomic E-state index is 0. The van der Waals surface area contributed by atoms with Gasteiger partial charge in [0.25, 0.3) is 0 Å². The molecule has 29 heavy (non-hydrogen) atoms. The molecule has 0 unspecified atom stereocenters. The van der Waals surface area contributed by atoms with Crippen LogP contribution in [0.25, 0.3) is 5.69 Å². The third-order valence-electron chi connectivity index (χ3n) is 5.18. The molecule has 2 aromatic carbocycles. The number of aromatic nitrogens is 3. The first-order valence-corrected chi connectivity index (χ1v) is 9.35. The van der Waals surface area contributed by atoms with Crippen molar-refractivity contribution in [1.82, 2.24) is 25.4 Å². The molecular weight excluding hydrogens is 482 g/mol. The number of rotatable bonds is 6. The molecule has 3 aromatic rings. The second kappa shape index (κ2) is 9.34. The summed E-state index contributed by atoms with van der Waals surface area (Å²) in [7, 11) is 1.74. The number of aliphatic imine (C=N–C) groups is 1. The predicted molar refractivity (Wildman–Crippen MR) is 122 cm³/mol. The van der Waals surface area contributed by atoms with Crippen LogP contribution in [0.15, 0.2) is 65.9 Å². The first-order valence-electron chi connectivity index (χ1n) is 9.35. The number of nitrogens with zero attached hydrogens (tertiary/aromatic N) is 4. The van der Waals surface area contributed by atoms with Crippen molar-refractivity contribution in [3.05, 3.63) is 78.1 Å². The minimum Gasteiger partial charge on any atom is -0.356 e. The Kier molecular flexibility index (Phi) is 6.83. The highest BCUT2D eigenvalue weighted by molar-refractivity contribution is 14.0. The standard InChI is InChI=1S/C21H23FN6.HI/c1-23-20(25-14-21(10-11-21)16-6-5-7-17(22)12-16)24-13-19-27-26-15-28(19)18-8-3-2-4-9-18;/h2-9,12,15H,10-11,13-14H2,1H3,(H2,23,24,25);1H. The zero-order chi connectivity index (χ0) is 19.4. The normalized spacial score (nSPS) is 14.8. The number of guanidine groups is 1. The SMILES string of the molecule is CN=C(NCc1nncn1-c1ccccc1)NCC1(c2cccc(F)c2)CC1.I. The number of halogens is 2. The van der Waals surface area contributed by atoms with Crippen molar-refractivity contribution in [2.45, 2.75) is 24.8 Å². The maximum Gasteiger partial charge on any atom is 0.191 e. The van der Waals surface area contributed by atoms with Crippen LogP contribution in [0.3, 0.4) is 0 Å². The van der Waals surface area contributed by atoms with Crippen LogP contribution in [0.2, 0.25) is 0 Å². The van der Waals surface area contributed by atoms with E-state index in [1.54, 1.807) is 25.5 Å². The molecule has 1 aliphatic rings. The van der Waals surface area contributed by atoms with Gasteiger partial charge in [-0.15, -0.1) is 34.2 Å². The second-order valence-corrected chi connectivity index (χ2v) is 7.02. The van der Waals surface area contributed by atoms with Crippen LogP contribution in [-0.4, -0.2) is 34.3 Å². The van der Waals surface area contributed by atoms with Crippen LogP contribution in [0.5, 0.6) is 0 Å². The molecule has 1 fully saturated rings. The van der Waals surface area contributed by atoms with E-state index < -0.39 is 0 Å². The molecule has 6 nitrogen and oxygen atoms in total. The highest BCUT2D eigenvalue weighted by Crippen LogP contribution is 2.47. The van der Waals surface area contributed by atoms with Gasteiger partial charge in [-0.3, -0.25) is 9.56 Å². The first kappa shape index (κ1) is 21.2. The van der Waals surface area contributed by atoms with Crippen molar-refractivity contribution in [2.24, 2.45) is 4.99 Å². The van der Waals surface area contributed by atoms with Gasteiger partial charge in [0.1, 0.15) is 12.1 Å². The Labute approximate surface area is 186 Å². The van der Waals surface area contributed by atoms with Crippen LogP contribution >= 0.6 is 24.0 Å². The molecule has 2 N–H and O–H groups in total.